The maximum atomic E-state index is 8.62. The van der Waals surface area contributed by atoms with Crippen LogP contribution < -0.4 is 0 Å². The molecule has 0 aliphatic rings. The Hall–Kier alpha value is -1.90. The summed E-state index contributed by atoms with van der Waals surface area (Å²) in [6.45, 7) is 0. The van der Waals surface area contributed by atoms with E-state index in [1.807, 2.05) is 18.2 Å². The summed E-state index contributed by atoms with van der Waals surface area (Å²) in [6.07, 6.45) is 2.13. The number of aromatic nitrogens is 2. The number of nitrogens with zero attached hydrogens (tertiary/aromatic N) is 3. The van der Waals surface area contributed by atoms with Gasteiger partial charge >= 0.3 is 0 Å². The number of rotatable bonds is 4. The molecule has 0 saturated carbocycles. The molecule has 1 aromatic carbocycles. The van der Waals surface area contributed by atoms with Crippen molar-refractivity contribution in [1.82, 2.24) is 9.97 Å². The molecule has 20 heavy (non-hydrogen) atoms. The standard InChI is InChI=1S/C15H11N3S2/c16-7-4-8-19-14-12-9-13(11-5-2-1-3-6-11)20-15(12)18-10-17-14/h1-3,5-6,9-10H,4,8H2. The Morgan fingerprint density at radius 1 is 1.20 bits per heavy atom. The molecule has 0 radical (unpaired) electrons. The zero-order chi connectivity index (χ0) is 13.8. The van der Waals surface area contributed by atoms with Gasteiger partial charge in [0.15, 0.2) is 0 Å². The molecular formula is C15H11N3S2. The number of hydrogen-bond donors (Lipinski definition) is 0. The van der Waals surface area contributed by atoms with Crippen molar-refractivity contribution >= 4 is 33.3 Å². The summed E-state index contributed by atoms with van der Waals surface area (Å²) in [4.78, 5) is 10.9. The number of fused-ring (bicyclic) bond motifs is 1. The molecule has 0 amide bonds. The molecule has 0 N–H and O–H groups in total. The Morgan fingerprint density at radius 3 is 2.85 bits per heavy atom. The molecule has 0 atom stereocenters. The van der Waals surface area contributed by atoms with Crippen molar-refractivity contribution in [3.8, 4) is 16.5 Å². The highest BCUT2D eigenvalue weighted by Gasteiger charge is 2.10. The molecule has 3 aromatic rings. The molecule has 0 aliphatic heterocycles. The van der Waals surface area contributed by atoms with E-state index in [0.717, 1.165) is 21.0 Å². The van der Waals surface area contributed by atoms with E-state index >= 15 is 0 Å². The van der Waals surface area contributed by atoms with Gasteiger partial charge in [-0.05, 0) is 11.6 Å². The number of thiophene rings is 1. The van der Waals surface area contributed by atoms with E-state index in [1.54, 1.807) is 29.4 Å². The largest absolute Gasteiger partial charge is 0.229 e. The van der Waals surface area contributed by atoms with Crippen LogP contribution in [0.1, 0.15) is 6.42 Å². The average molecular weight is 297 g/mol. The number of nitriles is 1. The molecule has 0 fully saturated rings. The minimum absolute atomic E-state index is 0.534. The van der Waals surface area contributed by atoms with Crippen LogP contribution in [-0.4, -0.2) is 15.7 Å². The zero-order valence-electron chi connectivity index (χ0n) is 10.6. The lowest BCUT2D eigenvalue weighted by atomic mass is 10.2. The SMILES string of the molecule is N#CCCSc1ncnc2sc(-c3ccccc3)cc12. The molecule has 2 heterocycles. The predicted octanol–water partition coefficient (Wildman–Crippen LogP) is 4.36. The van der Waals surface area contributed by atoms with Crippen LogP contribution in [0.4, 0.5) is 0 Å². The topological polar surface area (TPSA) is 49.6 Å². The number of thioether (sulfide) groups is 1. The molecule has 3 rings (SSSR count). The Labute approximate surface area is 125 Å². The third kappa shape index (κ3) is 2.67. The van der Waals surface area contributed by atoms with Crippen LogP contribution in [0.5, 0.6) is 0 Å². The first kappa shape index (κ1) is 13.1. The summed E-state index contributed by atoms with van der Waals surface area (Å²) in [5.41, 5.74) is 1.20. The van der Waals surface area contributed by atoms with Crippen LogP contribution in [-0.2, 0) is 0 Å². The molecule has 0 saturated heterocycles. The van der Waals surface area contributed by atoms with E-state index in [0.29, 0.717) is 6.42 Å². The minimum Gasteiger partial charge on any atom is -0.229 e. The Morgan fingerprint density at radius 2 is 2.05 bits per heavy atom. The van der Waals surface area contributed by atoms with E-state index in [4.69, 9.17) is 5.26 Å². The fraction of sp³-hybridized carbons (Fsp3) is 0.133. The zero-order valence-corrected chi connectivity index (χ0v) is 12.2. The first-order valence-electron chi connectivity index (χ1n) is 6.18. The van der Waals surface area contributed by atoms with Gasteiger partial charge in [0.05, 0.1) is 6.07 Å². The molecular weight excluding hydrogens is 286 g/mol. The van der Waals surface area contributed by atoms with Gasteiger partial charge in [0.25, 0.3) is 0 Å². The van der Waals surface area contributed by atoms with E-state index in [-0.39, 0.29) is 0 Å². The second-order valence-electron chi connectivity index (χ2n) is 4.13. The molecule has 0 unspecified atom stereocenters. The molecule has 3 nitrogen and oxygen atoms in total. The van der Waals surface area contributed by atoms with Gasteiger partial charge in [-0.3, -0.25) is 0 Å². The third-order valence-electron chi connectivity index (χ3n) is 2.80. The van der Waals surface area contributed by atoms with Gasteiger partial charge in [-0.25, -0.2) is 9.97 Å². The summed E-state index contributed by atoms with van der Waals surface area (Å²) in [5.74, 6) is 0.763. The lowest BCUT2D eigenvalue weighted by Crippen LogP contribution is -1.84. The maximum Gasteiger partial charge on any atom is 0.128 e. The van der Waals surface area contributed by atoms with Crippen LogP contribution in [0.15, 0.2) is 47.8 Å². The average Bonchev–Trinajstić information content (AvgIpc) is 2.93. The summed E-state index contributed by atoms with van der Waals surface area (Å²) in [7, 11) is 0. The molecule has 0 spiro atoms. The van der Waals surface area contributed by atoms with Crippen molar-refractivity contribution in [2.75, 3.05) is 5.75 Å². The molecule has 98 valence electrons. The maximum absolute atomic E-state index is 8.62. The summed E-state index contributed by atoms with van der Waals surface area (Å²) in [6, 6.07) is 14.6. The molecule has 5 heteroatoms. The van der Waals surface area contributed by atoms with Crippen LogP contribution in [0.2, 0.25) is 0 Å². The van der Waals surface area contributed by atoms with Crippen molar-refractivity contribution in [3.05, 3.63) is 42.7 Å². The first-order chi connectivity index (χ1) is 9.88. The van der Waals surface area contributed by atoms with E-state index in [9.17, 15) is 0 Å². The van der Waals surface area contributed by atoms with Gasteiger partial charge in [-0.2, -0.15) is 5.26 Å². The smallest absolute Gasteiger partial charge is 0.128 e. The third-order valence-corrected chi connectivity index (χ3v) is 4.90. The fourth-order valence-corrected chi connectivity index (χ4v) is 3.78. The van der Waals surface area contributed by atoms with Crippen molar-refractivity contribution in [3.63, 3.8) is 0 Å². The Bertz CT molecular complexity index is 760. The summed E-state index contributed by atoms with van der Waals surface area (Å²) < 4.78 is 0. The van der Waals surface area contributed by atoms with Crippen molar-refractivity contribution in [2.45, 2.75) is 11.4 Å². The fourth-order valence-electron chi connectivity index (χ4n) is 1.89. The second kappa shape index (κ2) is 6.04. The van der Waals surface area contributed by atoms with Gasteiger partial charge in [-0.15, -0.1) is 23.1 Å². The van der Waals surface area contributed by atoms with Crippen LogP contribution in [0, 0.1) is 11.3 Å². The molecule has 2 aromatic heterocycles. The van der Waals surface area contributed by atoms with Crippen LogP contribution >= 0.6 is 23.1 Å². The monoisotopic (exact) mass is 297 g/mol. The summed E-state index contributed by atoms with van der Waals surface area (Å²) in [5, 5.41) is 10.7. The quantitative estimate of drug-likeness (QED) is 0.408. The Kier molecular flexibility index (Phi) is 3.95. The van der Waals surface area contributed by atoms with E-state index < -0.39 is 0 Å². The molecule has 0 bridgehead atoms. The lowest BCUT2D eigenvalue weighted by Gasteiger charge is -1.98. The highest BCUT2D eigenvalue weighted by Crippen LogP contribution is 2.36. The number of benzene rings is 1. The van der Waals surface area contributed by atoms with Gasteiger partial charge < -0.3 is 0 Å². The van der Waals surface area contributed by atoms with Gasteiger partial charge in [0.2, 0.25) is 0 Å². The van der Waals surface area contributed by atoms with Crippen molar-refractivity contribution in [2.24, 2.45) is 0 Å². The van der Waals surface area contributed by atoms with Gasteiger partial charge in [0.1, 0.15) is 16.2 Å². The lowest BCUT2D eigenvalue weighted by molar-refractivity contribution is 1.10. The first-order valence-corrected chi connectivity index (χ1v) is 7.98. The van der Waals surface area contributed by atoms with Gasteiger partial charge in [-0.1, -0.05) is 30.3 Å². The van der Waals surface area contributed by atoms with Gasteiger partial charge in [0, 0.05) is 22.4 Å². The predicted molar refractivity (Wildman–Crippen MR) is 83.8 cm³/mol. The highest BCUT2D eigenvalue weighted by atomic mass is 32.2. The number of hydrogen-bond acceptors (Lipinski definition) is 5. The van der Waals surface area contributed by atoms with E-state index in [1.165, 1.54) is 10.4 Å². The summed E-state index contributed by atoms with van der Waals surface area (Å²) >= 11 is 3.29. The van der Waals surface area contributed by atoms with Crippen LogP contribution in [0.25, 0.3) is 20.7 Å². The second-order valence-corrected chi connectivity index (χ2v) is 6.25. The van der Waals surface area contributed by atoms with Crippen molar-refractivity contribution in [1.29, 1.82) is 5.26 Å². The highest BCUT2D eigenvalue weighted by molar-refractivity contribution is 7.99. The van der Waals surface area contributed by atoms with Crippen LogP contribution in [0.3, 0.4) is 0 Å². The minimum atomic E-state index is 0.534. The van der Waals surface area contributed by atoms with Crippen molar-refractivity contribution < 1.29 is 0 Å². The Balaban J connectivity index is 1.99. The van der Waals surface area contributed by atoms with E-state index in [2.05, 4.69) is 34.2 Å². The molecule has 0 aliphatic carbocycles. The normalized spacial score (nSPS) is 10.6.